The molecule has 2 N–H and O–H groups in total. The molecule has 7 heteroatoms. The molecule has 104 valence electrons. The van der Waals surface area contributed by atoms with Crippen molar-refractivity contribution in [1.82, 2.24) is 25.2 Å². The Morgan fingerprint density at radius 2 is 1.89 bits per heavy atom. The number of nitrogens with two attached hydrogens (primary N) is 1. The minimum atomic E-state index is -0.0954. The van der Waals surface area contributed by atoms with Gasteiger partial charge in [0.25, 0.3) is 0 Å². The van der Waals surface area contributed by atoms with Gasteiger partial charge in [0.15, 0.2) is 0 Å². The van der Waals surface area contributed by atoms with Crippen molar-refractivity contribution in [3.05, 3.63) is 16.4 Å². The highest BCUT2D eigenvalue weighted by atomic mass is 32.1. The molecule has 0 aliphatic carbocycles. The average Bonchev–Trinajstić information content (AvgIpc) is 2.94. The molecule has 0 unspecified atom stereocenters. The van der Waals surface area contributed by atoms with Crippen LogP contribution in [0.3, 0.4) is 0 Å². The Balaban J connectivity index is 2.53. The van der Waals surface area contributed by atoms with Crippen LogP contribution in [0.5, 0.6) is 0 Å². The van der Waals surface area contributed by atoms with E-state index in [0.29, 0.717) is 12.5 Å². The summed E-state index contributed by atoms with van der Waals surface area (Å²) in [7, 11) is 0. The van der Waals surface area contributed by atoms with Crippen molar-refractivity contribution >= 4 is 11.3 Å². The van der Waals surface area contributed by atoms with Gasteiger partial charge in [-0.3, -0.25) is 0 Å². The van der Waals surface area contributed by atoms with E-state index in [1.807, 2.05) is 0 Å². The largest absolute Gasteiger partial charge is 0.325 e. The molecule has 2 aromatic rings. The maximum absolute atomic E-state index is 5.74. The molecule has 2 heterocycles. The molecular weight excluding hydrogens is 260 g/mol. The quantitative estimate of drug-likeness (QED) is 0.929. The van der Waals surface area contributed by atoms with Gasteiger partial charge in [-0.05, 0) is 0 Å². The van der Waals surface area contributed by atoms with Crippen LogP contribution in [-0.4, -0.2) is 25.2 Å². The van der Waals surface area contributed by atoms with Crippen molar-refractivity contribution in [3.8, 4) is 5.13 Å². The van der Waals surface area contributed by atoms with Gasteiger partial charge in [-0.1, -0.05) is 51.2 Å². The number of aromatic nitrogens is 5. The van der Waals surface area contributed by atoms with Crippen LogP contribution >= 0.6 is 11.3 Å². The third-order valence-corrected chi connectivity index (χ3v) is 3.95. The van der Waals surface area contributed by atoms with E-state index in [2.05, 4.69) is 55.1 Å². The SMILES string of the molecule is CC(C)c1nnc(-n2nnc(CN)c2C(C)(C)C)s1. The Kier molecular flexibility index (Phi) is 3.69. The van der Waals surface area contributed by atoms with Crippen molar-refractivity contribution in [3.63, 3.8) is 0 Å². The van der Waals surface area contributed by atoms with Crippen LogP contribution in [0.4, 0.5) is 0 Å². The van der Waals surface area contributed by atoms with Crippen molar-refractivity contribution < 1.29 is 0 Å². The van der Waals surface area contributed by atoms with E-state index in [1.54, 1.807) is 16.0 Å². The fourth-order valence-electron chi connectivity index (χ4n) is 1.88. The van der Waals surface area contributed by atoms with Crippen molar-refractivity contribution in [2.24, 2.45) is 5.73 Å². The fourth-order valence-corrected chi connectivity index (χ4v) is 2.68. The average molecular weight is 280 g/mol. The van der Waals surface area contributed by atoms with Gasteiger partial charge in [-0.25, -0.2) is 0 Å². The molecule has 0 atom stereocenters. The molecule has 6 nitrogen and oxygen atoms in total. The van der Waals surface area contributed by atoms with E-state index in [1.165, 1.54) is 0 Å². The molecular formula is C12H20N6S. The predicted molar refractivity (Wildman–Crippen MR) is 75.5 cm³/mol. The maximum Gasteiger partial charge on any atom is 0.234 e. The topological polar surface area (TPSA) is 82.5 Å². The first-order valence-electron chi connectivity index (χ1n) is 6.33. The number of nitrogens with zero attached hydrogens (tertiary/aromatic N) is 5. The van der Waals surface area contributed by atoms with Crippen LogP contribution < -0.4 is 5.73 Å². The second-order valence-corrected chi connectivity index (χ2v) is 6.82. The lowest BCUT2D eigenvalue weighted by atomic mass is 9.90. The Hall–Kier alpha value is -1.34. The number of hydrogen-bond acceptors (Lipinski definition) is 6. The minimum Gasteiger partial charge on any atom is -0.325 e. The van der Waals surface area contributed by atoms with Gasteiger partial charge in [0.2, 0.25) is 5.13 Å². The van der Waals surface area contributed by atoms with Gasteiger partial charge in [0.05, 0.1) is 5.69 Å². The molecule has 0 fully saturated rings. The van der Waals surface area contributed by atoms with Gasteiger partial charge in [0, 0.05) is 17.9 Å². The van der Waals surface area contributed by atoms with E-state index in [9.17, 15) is 0 Å². The molecule has 2 aromatic heterocycles. The summed E-state index contributed by atoms with van der Waals surface area (Å²) in [4.78, 5) is 0. The van der Waals surface area contributed by atoms with Crippen molar-refractivity contribution in [2.75, 3.05) is 0 Å². The highest BCUT2D eigenvalue weighted by molar-refractivity contribution is 7.13. The summed E-state index contributed by atoms with van der Waals surface area (Å²) >= 11 is 1.55. The van der Waals surface area contributed by atoms with Crippen LogP contribution in [0.2, 0.25) is 0 Å². The first kappa shape index (κ1) is 14.1. The zero-order chi connectivity index (χ0) is 14.2. The molecule has 0 saturated heterocycles. The van der Waals surface area contributed by atoms with Crippen LogP contribution in [0, 0.1) is 0 Å². The molecule has 0 aromatic carbocycles. The lowest BCUT2D eigenvalue weighted by Gasteiger charge is -2.19. The second-order valence-electron chi connectivity index (χ2n) is 5.83. The summed E-state index contributed by atoms with van der Waals surface area (Å²) in [6.07, 6.45) is 0. The van der Waals surface area contributed by atoms with E-state index < -0.39 is 0 Å². The van der Waals surface area contributed by atoms with Crippen molar-refractivity contribution in [2.45, 2.75) is 52.5 Å². The molecule has 19 heavy (non-hydrogen) atoms. The summed E-state index contributed by atoms with van der Waals surface area (Å²) in [5.74, 6) is 0.363. The summed E-state index contributed by atoms with van der Waals surface area (Å²) in [5.41, 5.74) is 7.46. The molecule has 0 spiro atoms. The molecule has 2 rings (SSSR count). The van der Waals surface area contributed by atoms with Gasteiger partial charge >= 0.3 is 0 Å². The summed E-state index contributed by atoms with van der Waals surface area (Å²) in [6, 6.07) is 0. The highest BCUT2D eigenvalue weighted by Gasteiger charge is 2.27. The van der Waals surface area contributed by atoms with Crippen LogP contribution in [0.15, 0.2) is 0 Å². The maximum atomic E-state index is 5.74. The number of hydrogen-bond donors (Lipinski definition) is 1. The third-order valence-electron chi connectivity index (χ3n) is 2.75. The zero-order valence-corrected chi connectivity index (χ0v) is 12.8. The molecule has 0 amide bonds. The monoisotopic (exact) mass is 280 g/mol. The van der Waals surface area contributed by atoms with Gasteiger partial charge in [0.1, 0.15) is 10.7 Å². The first-order chi connectivity index (χ1) is 8.84. The lowest BCUT2D eigenvalue weighted by Crippen LogP contribution is -2.20. The first-order valence-corrected chi connectivity index (χ1v) is 7.15. The van der Waals surface area contributed by atoms with Crippen LogP contribution in [0.25, 0.3) is 5.13 Å². The summed E-state index contributed by atoms with van der Waals surface area (Å²) < 4.78 is 1.77. The highest BCUT2D eigenvalue weighted by Crippen LogP contribution is 2.29. The minimum absolute atomic E-state index is 0.0954. The fraction of sp³-hybridized carbons (Fsp3) is 0.667. The summed E-state index contributed by atoms with van der Waals surface area (Å²) in [6.45, 7) is 10.9. The third kappa shape index (κ3) is 2.66. The molecule has 0 saturated carbocycles. The van der Waals surface area contributed by atoms with Crippen LogP contribution in [0.1, 0.15) is 56.9 Å². The van der Waals surface area contributed by atoms with Gasteiger partial charge in [-0.15, -0.1) is 15.3 Å². The second kappa shape index (κ2) is 4.97. The van der Waals surface area contributed by atoms with Gasteiger partial charge < -0.3 is 5.73 Å². The molecule has 0 aliphatic rings. The smallest absolute Gasteiger partial charge is 0.234 e. The van der Waals surface area contributed by atoms with Gasteiger partial charge in [-0.2, -0.15) is 4.68 Å². The van der Waals surface area contributed by atoms with E-state index in [0.717, 1.165) is 21.5 Å². The van der Waals surface area contributed by atoms with E-state index in [4.69, 9.17) is 5.73 Å². The Morgan fingerprint density at radius 1 is 1.21 bits per heavy atom. The lowest BCUT2D eigenvalue weighted by molar-refractivity contribution is 0.536. The predicted octanol–water partition coefficient (Wildman–Crippen LogP) is 2.00. The standard InChI is InChI=1S/C12H20N6S/c1-7(2)10-15-16-11(19-10)18-9(12(3,4)5)8(6-13)14-17-18/h7H,6,13H2,1-5H3. The Labute approximate surface area is 117 Å². The summed E-state index contributed by atoms with van der Waals surface area (Å²) in [5, 5.41) is 18.5. The molecule has 0 bridgehead atoms. The Morgan fingerprint density at radius 3 is 2.37 bits per heavy atom. The normalized spacial score (nSPS) is 12.4. The van der Waals surface area contributed by atoms with E-state index >= 15 is 0 Å². The van der Waals surface area contributed by atoms with Crippen LogP contribution in [-0.2, 0) is 12.0 Å². The van der Waals surface area contributed by atoms with E-state index in [-0.39, 0.29) is 5.41 Å². The molecule has 0 radical (unpaired) electrons. The van der Waals surface area contributed by atoms with Crippen molar-refractivity contribution in [1.29, 1.82) is 0 Å². The zero-order valence-electron chi connectivity index (χ0n) is 12.0. The number of rotatable bonds is 3. The Bertz CT molecular complexity index is 563. The molecule has 0 aliphatic heterocycles.